The number of carbonyl (C=O) groups is 1. The molecule has 1 fully saturated rings. The normalized spacial score (nSPS) is 15.5. The monoisotopic (exact) mass is 430 g/mol. The third-order valence-electron chi connectivity index (χ3n) is 5.78. The summed E-state index contributed by atoms with van der Waals surface area (Å²) in [6.45, 7) is 5.00. The molecule has 0 spiro atoms. The lowest BCUT2D eigenvalue weighted by Crippen LogP contribution is -2.32. The van der Waals surface area contributed by atoms with Gasteiger partial charge in [0.25, 0.3) is 5.91 Å². The van der Waals surface area contributed by atoms with Gasteiger partial charge in [-0.1, -0.05) is 18.9 Å². The van der Waals surface area contributed by atoms with Gasteiger partial charge in [-0.15, -0.1) is 0 Å². The van der Waals surface area contributed by atoms with E-state index in [4.69, 9.17) is 4.74 Å². The van der Waals surface area contributed by atoms with Crippen molar-refractivity contribution in [3.05, 3.63) is 53.1 Å². The quantitative estimate of drug-likeness (QED) is 0.715. The average Bonchev–Trinajstić information content (AvgIpc) is 3.04. The van der Waals surface area contributed by atoms with Gasteiger partial charge in [-0.05, 0) is 68.1 Å². The van der Waals surface area contributed by atoms with Crippen LogP contribution in [0, 0.1) is 13.8 Å². The Morgan fingerprint density at radius 2 is 1.63 bits per heavy atom. The predicted octanol–water partition coefficient (Wildman–Crippen LogP) is 4.15. The maximum Gasteiger partial charge on any atom is 0.258 e. The van der Waals surface area contributed by atoms with E-state index in [0.717, 1.165) is 42.5 Å². The Morgan fingerprint density at radius 3 is 2.23 bits per heavy atom. The van der Waals surface area contributed by atoms with Gasteiger partial charge in [0.2, 0.25) is 10.0 Å². The largest absolute Gasteiger partial charge is 0.495 e. The Morgan fingerprint density at radius 1 is 0.967 bits per heavy atom. The summed E-state index contributed by atoms with van der Waals surface area (Å²) in [4.78, 5) is 14.7. The SMILES string of the molecule is COc1ccc(C(=O)N(C)c2ccc(C)c(C)c2)cc1S(=O)(=O)N1CCCCCC1. The van der Waals surface area contributed by atoms with Gasteiger partial charge in [-0.3, -0.25) is 4.79 Å². The van der Waals surface area contributed by atoms with Crippen molar-refractivity contribution in [2.75, 3.05) is 32.1 Å². The molecule has 2 aromatic rings. The summed E-state index contributed by atoms with van der Waals surface area (Å²) >= 11 is 0. The molecule has 30 heavy (non-hydrogen) atoms. The van der Waals surface area contributed by atoms with Gasteiger partial charge in [0.05, 0.1) is 7.11 Å². The summed E-state index contributed by atoms with van der Waals surface area (Å²) in [5.74, 6) is -0.0159. The van der Waals surface area contributed by atoms with Crippen LogP contribution in [0.5, 0.6) is 5.75 Å². The van der Waals surface area contributed by atoms with Gasteiger partial charge >= 0.3 is 0 Å². The second-order valence-corrected chi connectivity index (χ2v) is 9.72. The summed E-state index contributed by atoms with van der Waals surface area (Å²) in [7, 11) is -0.611. The number of hydrogen-bond donors (Lipinski definition) is 0. The van der Waals surface area contributed by atoms with E-state index in [2.05, 4.69) is 0 Å². The number of methoxy groups -OCH3 is 1. The van der Waals surface area contributed by atoms with Gasteiger partial charge in [0, 0.05) is 31.4 Å². The molecule has 0 aromatic heterocycles. The third-order valence-corrected chi connectivity index (χ3v) is 7.70. The summed E-state index contributed by atoms with van der Waals surface area (Å²) in [6.07, 6.45) is 3.75. The minimum absolute atomic E-state index is 0.0474. The van der Waals surface area contributed by atoms with E-state index in [1.165, 1.54) is 22.4 Å². The van der Waals surface area contributed by atoms with Crippen LogP contribution in [0.3, 0.4) is 0 Å². The van der Waals surface area contributed by atoms with Crippen molar-refractivity contribution < 1.29 is 17.9 Å². The van der Waals surface area contributed by atoms with E-state index < -0.39 is 10.0 Å². The Hall–Kier alpha value is -2.38. The second kappa shape index (κ2) is 9.18. The second-order valence-electron chi connectivity index (χ2n) is 7.82. The standard InChI is InChI=1S/C23H30N2O4S/c1-17-9-11-20(15-18(17)2)24(3)23(26)19-10-12-21(29-4)22(16-19)30(27,28)25-13-7-5-6-8-14-25/h9-12,15-16H,5-8,13-14H2,1-4H3. The number of benzene rings is 2. The molecule has 1 aliphatic heterocycles. The fourth-order valence-electron chi connectivity index (χ4n) is 3.68. The van der Waals surface area contributed by atoms with E-state index in [1.807, 2.05) is 32.0 Å². The van der Waals surface area contributed by atoms with Crippen molar-refractivity contribution >= 4 is 21.6 Å². The zero-order chi connectivity index (χ0) is 21.9. The molecule has 7 heteroatoms. The Balaban J connectivity index is 1.97. The number of carbonyl (C=O) groups excluding carboxylic acids is 1. The summed E-state index contributed by atoms with van der Waals surface area (Å²) in [5, 5.41) is 0. The lowest BCUT2D eigenvalue weighted by Gasteiger charge is -2.23. The molecular weight excluding hydrogens is 400 g/mol. The highest BCUT2D eigenvalue weighted by Gasteiger charge is 2.29. The van der Waals surface area contributed by atoms with Crippen LogP contribution in [0.2, 0.25) is 0 Å². The average molecular weight is 431 g/mol. The molecular formula is C23H30N2O4S. The van der Waals surface area contributed by atoms with Crippen molar-refractivity contribution in [3.8, 4) is 5.75 Å². The Labute approximate surface area is 179 Å². The van der Waals surface area contributed by atoms with Crippen LogP contribution in [0.25, 0.3) is 0 Å². The summed E-state index contributed by atoms with van der Waals surface area (Å²) in [5.41, 5.74) is 3.31. The third kappa shape index (κ3) is 4.52. The first kappa shape index (κ1) is 22.3. The summed E-state index contributed by atoms with van der Waals surface area (Å²) < 4.78 is 33.5. The van der Waals surface area contributed by atoms with E-state index in [0.29, 0.717) is 18.7 Å². The molecule has 0 aliphatic carbocycles. The first-order chi connectivity index (χ1) is 14.3. The highest BCUT2D eigenvalue weighted by Crippen LogP contribution is 2.30. The molecule has 1 amide bonds. The van der Waals surface area contributed by atoms with E-state index in [9.17, 15) is 13.2 Å². The molecule has 1 saturated heterocycles. The molecule has 1 heterocycles. The molecule has 0 bridgehead atoms. The number of hydrogen-bond acceptors (Lipinski definition) is 4. The predicted molar refractivity (Wildman–Crippen MR) is 119 cm³/mol. The van der Waals surface area contributed by atoms with Crippen LogP contribution in [-0.4, -0.2) is 45.9 Å². The van der Waals surface area contributed by atoms with Crippen LogP contribution >= 0.6 is 0 Å². The number of rotatable bonds is 5. The fourth-order valence-corrected chi connectivity index (χ4v) is 5.38. The Kier molecular flexibility index (Phi) is 6.83. The highest BCUT2D eigenvalue weighted by atomic mass is 32.2. The van der Waals surface area contributed by atoms with Crippen LogP contribution in [-0.2, 0) is 10.0 Å². The van der Waals surface area contributed by atoms with Crippen molar-refractivity contribution in [2.24, 2.45) is 0 Å². The molecule has 6 nitrogen and oxygen atoms in total. The van der Waals surface area contributed by atoms with Crippen molar-refractivity contribution in [2.45, 2.75) is 44.4 Å². The Bertz CT molecular complexity index is 1030. The lowest BCUT2D eigenvalue weighted by atomic mass is 10.1. The molecule has 2 aromatic carbocycles. The van der Waals surface area contributed by atoms with Crippen molar-refractivity contribution in [3.63, 3.8) is 0 Å². The fraction of sp³-hybridized carbons (Fsp3) is 0.435. The minimum Gasteiger partial charge on any atom is -0.495 e. The van der Waals surface area contributed by atoms with Crippen LogP contribution in [0.1, 0.15) is 47.2 Å². The molecule has 0 unspecified atom stereocenters. The highest BCUT2D eigenvalue weighted by molar-refractivity contribution is 7.89. The van der Waals surface area contributed by atoms with Gasteiger partial charge in [0.1, 0.15) is 10.6 Å². The van der Waals surface area contributed by atoms with Gasteiger partial charge < -0.3 is 9.64 Å². The van der Waals surface area contributed by atoms with Crippen LogP contribution in [0.4, 0.5) is 5.69 Å². The smallest absolute Gasteiger partial charge is 0.258 e. The van der Waals surface area contributed by atoms with Crippen molar-refractivity contribution in [1.82, 2.24) is 4.31 Å². The van der Waals surface area contributed by atoms with Crippen LogP contribution in [0.15, 0.2) is 41.3 Å². The van der Waals surface area contributed by atoms with E-state index in [1.54, 1.807) is 19.2 Å². The maximum absolute atomic E-state index is 13.3. The van der Waals surface area contributed by atoms with Crippen LogP contribution < -0.4 is 9.64 Å². The first-order valence-electron chi connectivity index (χ1n) is 10.3. The topological polar surface area (TPSA) is 66.9 Å². The van der Waals surface area contributed by atoms with E-state index >= 15 is 0 Å². The zero-order valence-corrected chi connectivity index (χ0v) is 19.0. The summed E-state index contributed by atoms with van der Waals surface area (Å²) in [6, 6.07) is 10.4. The number of anilines is 1. The molecule has 3 rings (SSSR count). The number of nitrogens with zero attached hydrogens (tertiary/aromatic N) is 2. The maximum atomic E-state index is 13.3. The first-order valence-corrected chi connectivity index (χ1v) is 11.7. The van der Waals surface area contributed by atoms with E-state index in [-0.39, 0.29) is 16.6 Å². The van der Waals surface area contributed by atoms with Gasteiger partial charge in [0.15, 0.2) is 0 Å². The molecule has 0 atom stereocenters. The number of amides is 1. The molecule has 0 radical (unpaired) electrons. The van der Waals surface area contributed by atoms with Gasteiger partial charge in [-0.25, -0.2) is 8.42 Å². The number of ether oxygens (including phenoxy) is 1. The number of sulfonamides is 1. The minimum atomic E-state index is -3.75. The van der Waals surface area contributed by atoms with Gasteiger partial charge in [-0.2, -0.15) is 4.31 Å². The zero-order valence-electron chi connectivity index (χ0n) is 18.1. The molecule has 0 saturated carbocycles. The lowest BCUT2D eigenvalue weighted by molar-refractivity contribution is 0.0992. The molecule has 1 aliphatic rings. The molecule has 0 N–H and O–H groups in total. The van der Waals surface area contributed by atoms with Crippen molar-refractivity contribution in [1.29, 1.82) is 0 Å². The molecule has 162 valence electrons. The number of aryl methyl sites for hydroxylation is 2.